The average molecular weight is 252 g/mol. The van der Waals surface area contributed by atoms with Gasteiger partial charge in [-0.2, -0.15) is 0 Å². The maximum Gasteiger partial charge on any atom is 0.186 e. The van der Waals surface area contributed by atoms with Crippen molar-refractivity contribution in [3.63, 3.8) is 0 Å². The van der Waals surface area contributed by atoms with Gasteiger partial charge in [0.1, 0.15) is 18.3 Å². The van der Waals surface area contributed by atoms with E-state index in [0.29, 0.717) is 6.61 Å². The molecule has 3 rings (SSSR count). The summed E-state index contributed by atoms with van der Waals surface area (Å²) < 4.78 is 21.9. The Labute approximate surface area is 105 Å². The Bertz CT molecular complexity index is 394. The smallest absolute Gasteiger partial charge is 0.186 e. The monoisotopic (exact) mass is 252 g/mol. The summed E-state index contributed by atoms with van der Waals surface area (Å²) in [4.78, 5) is 0. The minimum absolute atomic E-state index is 0.273. The zero-order chi connectivity index (χ0) is 12.5. The Morgan fingerprint density at radius 1 is 1.22 bits per heavy atom. The number of aliphatic hydroxyl groups excluding tert-OH is 1. The molecule has 0 radical (unpaired) electrons. The van der Waals surface area contributed by atoms with Crippen molar-refractivity contribution in [1.29, 1.82) is 0 Å². The first kappa shape index (κ1) is 12.1. The molecule has 98 valence electrons. The average Bonchev–Trinajstić information content (AvgIpc) is 2.76. The molecule has 0 bridgehead atoms. The van der Waals surface area contributed by atoms with Crippen LogP contribution in [0.5, 0.6) is 0 Å². The molecular formula is C13H16O5. The maximum absolute atomic E-state index is 10.0. The van der Waals surface area contributed by atoms with Crippen LogP contribution >= 0.6 is 0 Å². The first-order valence-corrected chi connectivity index (χ1v) is 5.98. The van der Waals surface area contributed by atoms with Gasteiger partial charge in [-0.25, -0.2) is 0 Å². The first-order chi connectivity index (χ1) is 8.79. The van der Waals surface area contributed by atoms with E-state index in [9.17, 15) is 5.11 Å². The van der Waals surface area contributed by atoms with Gasteiger partial charge in [0.25, 0.3) is 0 Å². The fourth-order valence-corrected chi connectivity index (χ4v) is 2.35. The third-order valence-corrected chi connectivity index (χ3v) is 3.29. The van der Waals surface area contributed by atoms with Crippen LogP contribution in [0.15, 0.2) is 30.3 Å². The van der Waals surface area contributed by atoms with E-state index in [0.717, 1.165) is 5.56 Å². The van der Waals surface area contributed by atoms with Crippen LogP contribution < -0.4 is 0 Å². The molecule has 1 aromatic carbocycles. The highest BCUT2D eigenvalue weighted by molar-refractivity contribution is 5.16. The molecule has 1 unspecified atom stereocenters. The lowest BCUT2D eigenvalue weighted by Gasteiger charge is -2.32. The highest BCUT2D eigenvalue weighted by Gasteiger charge is 2.48. The summed E-state index contributed by atoms with van der Waals surface area (Å²) in [5.74, 6) is 0. The lowest BCUT2D eigenvalue weighted by molar-refractivity contribution is -0.253. The number of hydrogen-bond donors (Lipinski definition) is 1. The second-order valence-electron chi connectivity index (χ2n) is 4.45. The molecule has 5 atom stereocenters. The van der Waals surface area contributed by atoms with Crippen molar-refractivity contribution in [2.24, 2.45) is 0 Å². The van der Waals surface area contributed by atoms with E-state index in [1.165, 1.54) is 7.11 Å². The summed E-state index contributed by atoms with van der Waals surface area (Å²) in [6.07, 6.45) is -2.56. The van der Waals surface area contributed by atoms with E-state index in [1.54, 1.807) is 0 Å². The molecule has 5 nitrogen and oxygen atoms in total. The van der Waals surface area contributed by atoms with Crippen LogP contribution in [0.4, 0.5) is 0 Å². The van der Waals surface area contributed by atoms with Crippen LogP contribution in [0.1, 0.15) is 11.9 Å². The standard InChI is InChI=1S/C13H16O5/c1-15-13-10(14)11-9(17-13)7-16-12(18-11)8-5-3-2-4-6-8/h2-6,9-14H,7H2,1H3/t9-,10-,11+,12?,13+/m1/s1. The van der Waals surface area contributed by atoms with E-state index in [4.69, 9.17) is 18.9 Å². The molecule has 18 heavy (non-hydrogen) atoms. The van der Waals surface area contributed by atoms with Gasteiger partial charge in [0, 0.05) is 12.7 Å². The van der Waals surface area contributed by atoms with Crippen LogP contribution in [-0.4, -0.2) is 43.4 Å². The fraction of sp³-hybridized carbons (Fsp3) is 0.538. The van der Waals surface area contributed by atoms with Crippen molar-refractivity contribution < 1.29 is 24.1 Å². The third-order valence-electron chi connectivity index (χ3n) is 3.29. The molecule has 2 saturated heterocycles. The number of rotatable bonds is 2. The van der Waals surface area contributed by atoms with Crippen molar-refractivity contribution >= 4 is 0 Å². The van der Waals surface area contributed by atoms with Gasteiger partial charge in [-0.1, -0.05) is 30.3 Å². The van der Waals surface area contributed by atoms with Crippen LogP contribution in [0.3, 0.4) is 0 Å². The number of fused-ring (bicyclic) bond motifs is 1. The van der Waals surface area contributed by atoms with Gasteiger partial charge >= 0.3 is 0 Å². The second kappa shape index (κ2) is 4.95. The molecule has 2 heterocycles. The molecule has 0 aliphatic carbocycles. The van der Waals surface area contributed by atoms with Crippen molar-refractivity contribution in [2.75, 3.05) is 13.7 Å². The molecule has 0 aromatic heterocycles. The number of aliphatic hydroxyl groups is 1. The zero-order valence-electron chi connectivity index (χ0n) is 10.1. The van der Waals surface area contributed by atoms with E-state index in [1.807, 2.05) is 30.3 Å². The molecular weight excluding hydrogens is 236 g/mol. The summed E-state index contributed by atoms with van der Waals surface area (Å²) in [6.45, 7) is 0.390. The summed E-state index contributed by atoms with van der Waals surface area (Å²) in [6, 6.07) is 9.65. The Hall–Kier alpha value is -0.980. The molecule has 2 aliphatic rings. The molecule has 1 aromatic rings. The van der Waals surface area contributed by atoms with Gasteiger partial charge in [0.15, 0.2) is 12.6 Å². The number of methoxy groups -OCH3 is 1. The first-order valence-electron chi connectivity index (χ1n) is 5.98. The largest absolute Gasteiger partial charge is 0.385 e. The van der Waals surface area contributed by atoms with Crippen molar-refractivity contribution in [2.45, 2.75) is 30.9 Å². The minimum atomic E-state index is -0.782. The van der Waals surface area contributed by atoms with Crippen LogP contribution in [-0.2, 0) is 18.9 Å². The van der Waals surface area contributed by atoms with Crippen LogP contribution in [0, 0.1) is 0 Å². The minimum Gasteiger partial charge on any atom is -0.385 e. The van der Waals surface area contributed by atoms with Gasteiger partial charge < -0.3 is 24.1 Å². The summed E-state index contributed by atoms with van der Waals surface area (Å²) in [5.41, 5.74) is 0.934. The zero-order valence-corrected chi connectivity index (χ0v) is 10.1. The maximum atomic E-state index is 10.0. The van der Waals surface area contributed by atoms with Gasteiger partial charge in [0.2, 0.25) is 0 Å². The van der Waals surface area contributed by atoms with E-state index >= 15 is 0 Å². The van der Waals surface area contributed by atoms with Gasteiger partial charge in [-0.05, 0) is 0 Å². The molecule has 2 fully saturated rings. The van der Waals surface area contributed by atoms with Gasteiger partial charge in [0.05, 0.1) is 6.61 Å². The summed E-state index contributed by atoms with van der Waals surface area (Å²) in [5, 5.41) is 10.0. The fourth-order valence-electron chi connectivity index (χ4n) is 2.35. The van der Waals surface area contributed by atoms with E-state index < -0.39 is 24.8 Å². The molecule has 5 heteroatoms. The lowest BCUT2D eigenvalue weighted by atomic mass is 10.1. The number of benzene rings is 1. The predicted molar refractivity (Wildman–Crippen MR) is 61.7 cm³/mol. The molecule has 0 amide bonds. The van der Waals surface area contributed by atoms with E-state index in [-0.39, 0.29) is 6.10 Å². The Kier molecular flexibility index (Phi) is 3.32. The molecule has 0 saturated carbocycles. The van der Waals surface area contributed by atoms with Crippen LogP contribution in [0.2, 0.25) is 0 Å². The second-order valence-corrected chi connectivity index (χ2v) is 4.45. The highest BCUT2D eigenvalue weighted by atomic mass is 16.8. The van der Waals surface area contributed by atoms with E-state index in [2.05, 4.69) is 0 Å². The quantitative estimate of drug-likeness (QED) is 0.845. The SMILES string of the molecule is CO[C@H]1O[C@@H]2COC(c3ccccc3)O[C@@H]2[C@H]1O. The van der Waals surface area contributed by atoms with Gasteiger partial charge in [-0.15, -0.1) is 0 Å². The third kappa shape index (κ3) is 2.04. The normalized spacial score (nSPS) is 39.6. The van der Waals surface area contributed by atoms with Crippen molar-refractivity contribution in [1.82, 2.24) is 0 Å². The predicted octanol–water partition coefficient (Wildman–Crippen LogP) is 0.833. The lowest BCUT2D eigenvalue weighted by Crippen LogP contribution is -2.42. The number of hydrogen-bond acceptors (Lipinski definition) is 5. The Morgan fingerprint density at radius 3 is 2.72 bits per heavy atom. The van der Waals surface area contributed by atoms with Crippen molar-refractivity contribution in [3.05, 3.63) is 35.9 Å². The summed E-state index contributed by atoms with van der Waals surface area (Å²) >= 11 is 0. The van der Waals surface area contributed by atoms with Gasteiger partial charge in [-0.3, -0.25) is 0 Å². The molecule has 1 N–H and O–H groups in total. The van der Waals surface area contributed by atoms with Crippen molar-refractivity contribution in [3.8, 4) is 0 Å². The molecule has 0 spiro atoms. The Morgan fingerprint density at radius 2 is 2.00 bits per heavy atom. The topological polar surface area (TPSA) is 57.2 Å². The highest BCUT2D eigenvalue weighted by Crippen LogP contribution is 2.34. The summed E-state index contributed by atoms with van der Waals surface area (Å²) in [7, 11) is 1.50. The number of ether oxygens (including phenoxy) is 4. The Balaban J connectivity index is 1.73. The van der Waals surface area contributed by atoms with Crippen LogP contribution in [0.25, 0.3) is 0 Å². The molecule has 2 aliphatic heterocycles.